The molecule has 0 N–H and O–H groups in total. The van der Waals surface area contributed by atoms with E-state index in [1.165, 1.54) is 0 Å². The zero-order valence-corrected chi connectivity index (χ0v) is 9.75. The van der Waals surface area contributed by atoms with Crippen LogP contribution in [0.25, 0.3) is 0 Å². The Morgan fingerprint density at radius 2 is 1.65 bits per heavy atom. The van der Waals surface area contributed by atoms with Crippen LogP contribution in [0.1, 0.15) is 6.92 Å². The standard InChI is InChI=1S/C9H10F3O4P/c1-4-6-14-17(13,15-7-5-2)16-8(3)9(10,11)12/h1-2,8H,6-7H2,3H3. The first-order valence-electron chi connectivity index (χ1n) is 4.26. The van der Waals surface area contributed by atoms with Crippen molar-refractivity contribution >= 4 is 7.82 Å². The molecule has 0 heterocycles. The third kappa shape index (κ3) is 6.35. The number of halogens is 3. The average molecular weight is 270 g/mol. The van der Waals surface area contributed by atoms with Crippen LogP contribution in [-0.4, -0.2) is 25.5 Å². The average Bonchev–Trinajstić information content (AvgIpc) is 2.22. The summed E-state index contributed by atoms with van der Waals surface area (Å²) in [5, 5.41) is 0. The molecule has 0 radical (unpaired) electrons. The highest BCUT2D eigenvalue weighted by atomic mass is 31.2. The molecular weight excluding hydrogens is 260 g/mol. The maximum atomic E-state index is 12.2. The summed E-state index contributed by atoms with van der Waals surface area (Å²) < 4.78 is 61.2. The van der Waals surface area contributed by atoms with Crippen LogP contribution in [0, 0.1) is 24.7 Å². The van der Waals surface area contributed by atoms with E-state index in [0.29, 0.717) is 6.92 Å². The lowest BCUT2D eigenvalue weighted by Crippen LogP contribution is -2.28. The second kappa shape index (κ2) is 6.68. The Hall–Kier alpha value is -0.980. The summed E-state index contributed by atoms with van der Waals surface area (Å²) in [6.07, 6.45) is 2.59. The molecule has 0 aromatic heterocycles. The van der Waals surface area contributed by atoms with Crippen LogP contribution in [0.4, 0.5) is 13.2 Å². The van der Waals surface area contributed by atoms with Crippen LogP contribution in [-0.2, 0) is 18.1 Å². The molecule has 0 saturated heterocycles. The molecule has 0 bridgehead atoms. The second-order valence-corrected chi connectivity index (χ2v) is 4.31. The molecule has 0 spiro atoms. The van der Waals surface area contributed by atoms with Crippen LogP contribution < -0.4 is 0 Å². The molecule has 0 rings (SSSR count). The summed E-state index contributed by atoms with van der Waals surface area (Å²) in [6, 6.07) is 0. The molecule has 1 unspecified atom stereocenters. The van der Waals surface area contributed by atoms with E-state index in [2.05, 4.69) is 13.6 Å². The summed E-state index contributed by atoms with van der Waals surface area (Å²) in [7, 11) is -4.41. The third-order valence-electron chi connectivity index (χ3n) is 1.36. The Morgan fingerprint density at radius 1 is 1.24 bits per heavy atom. The minimum atomic E-state index is -4.70. The fourth-order valence-corrected chi connectivity index (χ4v) is 1.75. The second-order valence-electron chi connectivity index (χ2n) is 2.69. The van der Waals surface area contributed by atoms with E-state index in [1.54, 1.807) is 0 Å². The fraction of sp³-hybridized carbons (Fsp3) is 0.556. The predicted octanol–water partition coefficient (Wildman–Crippen LogP) is 2.36. The van der Waals surface area contributed by atoms with Crippen molar-refractivity contribution in [3.8, 4) is 24.7 Å². The molecule has 0 aliphatic heterocycles. The largest absolute Gasteiger partial charge is 0.477 e. The van der Waals surface area contributed by atoms with Gasteiger partial charge in [0.2, 0.25) is 0 Å². The third-order valence-corrected chi connectivity index (χ3v) is 2.83. The van der Waals surface area contributed by atoms with Crippen molar-refractivity contribution in [3.63, 3.8) is 0 Å². The first-order chi connectivity index (χ1) is 7.75. The van der Waals surface area contributed by atoms with Gasteiger partial charge in [-0.25, -0.2) is 4.57 Å². The number of hydrogen-bond acceptors (Lipinski definition) is 4. The summed E-state index contributed by atoms with van der Waals surface area (Å²) in [4.78, 5) is 0. The van der Waals surface area contributed by atoms with Crippen molar-refractivity contribution in [2.75, 3.05) is 13.2 Å². The lowest BCUT2D eigenvalue weighted by Gasteiger charge is -2.21. The highest BCUT2D eigenvalue weighted by Gasteiger charge is 2.43. The Bertz CT molecular complexity index is 344. The number of phosphoric ester groups is 1. The number of terminal acetylenes is 2. The Labute approximate surface area is 97.0 Å². The van der Waals surface area contributed by atoms with Gasteiger partial charge in [0.25, 0.3) is 0 Å². The van der Waals surface area contributed by atoms with Crippen molar-refractivity contribution in [1.82, 2.24) is 0 Å². The molecule has 8 heteroatoms. The highest BCUT2D eigenvalue weighted by molar-refractivity contribution is 7.48. The van der Waals surface area contributed by atoms with E-state index in [1.807, 2.05) is 11.8 Å². The minimum Gasteiger partial charge on any atom is -0.274 e. The van der Waals surface area contributed by atoms with E-state index in [4.69, 9.17) is 12.8 Å². The van der Waals surface area contributed by atoms with Gasteiger partial charge in [-0.05, 0) is 6.92 Å². The Morgan fingerprint density at radius 3 is 1.94 bits per heavy atom. The topological polar surface area (TPSA) is 44.8 Å². The van der Waals surface area contributed by atoms with Gasteiger partial charge in [-0.2, -0.15) is 13.2 Å². The molecule has 4 nitrogen and oxygen atoms in total. The molecule has 0 aliphatic rings. The minimum absolute atomic E-state index is 0.521. The van der Waals surface area contributed by atoms with Crippen LogP contribution in [0.2, 0.25) is 0 Å². The zero-order chi connectivity index (χ0) is 13.5. The summed E-state index contributed by atoms with van der Waals surface area (Å²) in [6.45, 7) is -0.385. The van der Waals surface area contributed by atoms with E-state index in [-0.39, 0.29) is 0 Å². The van der Waals surface area contributed by atoms with Gasteiger partial charge in [0.15, 0.2) is 6.10 Å². The molecule has 0 aromatic rings. The van der Waals surface area contributed by atoms with Crippen molar-refractivity contribution in [2.24, 2.45) is 0 Å². The fourth-order valence-electron chi connectivity index (χ4n) is 0.584. The summed E-state index contributed by atoms with van der Waals surface area (Å²) >= 11 is 0. The smallest absolute Gasteiger partial charge is 0.274 e. The molecule has 0 saturated carbocycles. The van der Waals surface area contributed by atoms with Gasteiger partial charge in [-0.15, -0.1) is 12.8 Å². The first-order valence-corrected chi connectivity index (χ1v) is 5.72. The molecule has 96 valence electrons. The van der Waals surface area contributed by atoms with Crippen molar-refractivity contribution in [3.05, 3.63) is 0 Å². The highest BCUT2D eigenvalue weighted by Crippen LogP contribution is 2.51. The molecule has 0 aliphatic carbocycles. The maximum absolute atomic E-state index is 12.2. The maximum Gasteiger partial charge on any atom is 0.477 e. The number of hydrogen-bond donors (Lipinski definition) is 0. The molecule has 17 heavy (non-hydrogen) atoms. The molecule has 1 atom stereocenters. The van der Waals surface area contributed by atoms with Crippen LogP contribution >= 0.6 is 7.82 Å². The predicted molar refractivity (Wildman–Crippen MR) is 53.8 cm³/mol. The van der Waals surface area contributed by atoms with E-state index in [9.17, 15) is 17.7 Å². The van der Waals surface area contributed by atoms with Gasteiger partial charge in [-0.3, -0.25) is 13.6 Å². The quantitative estimate of drug-likeness (QED) is 0.549. The first kappa shape index (κ1) is 16.0. The summed E-state index contributed by atoms with van der Waals surface area (Å²) in [5.74, 6) is 3.85. The molecule has 0 aromatic carbocycles. The number of phosphoric acid groups is 1. The SMILES string of the molecule is C#CCOP(=O)(OCC#C)OC(C)C(F)(F)F. The molecule has 0 amide bonds. The zero-order valence-electron chi connectivity index (χ0n) is 8.86. The Kier molecular flexibility index (Phi) is 6.30. The molecule has 0 fully saturated rings. The van der Waals surface area contributed by atoms with Crippen molar-refractivity contribution in [2.45, 2.75) is 19.2 Å². The van der Waals surface area contributed by atoms with E-state index in [0.717, 1.165) is 0 Å². The van der Waals surface area contributed by atoms with Gasteiger partial charge < -0.3 is 0 Å². The summed E-state index contributed by atoms with van der Waals surface area (Å²) in [5.41, 5.74) is 0. The number of alkyl halides is 3. The van der Waals surface area contributed by atoms with Gasteiger partial charge >= 0.3 is 14.0 Å². The monoisotopic (exact) mass is 270 g/mol. The van der Waals surface area contributed by atoms with E-state index >= 15 is 0 Å². The molecular formula is C9H10F3O4P. The van der Waals surface area contributed by atoms with Gasteiger partial charge in [0.05, 0.1) is 0 Å². The lowest BCUT2D eigenvalue weighted by molar-refractivity contribution is -0.194. The lowest BCUT2D eigenvalue weighted by atomic mass is 10.4. The Balaban J connectivity index is 4.66. The number of rotatable bonds is 6. The van der Waals surface area contributed by atoms with Gasteiger partial charge in [-0.1, -0.05) is 11.8 Å². The van der Waals surface area contributed by atoms with Crippen molar-refractivity contribution in [1.29, 1.82) is 0 Å². The van der Waals surface area contributed by atoms with Crippen LogP contribution in [0.15, 0.2) is 0 Å². The van der Waals surface area contributed by atoms with Crippen LogP contribution in [0.5, 0.6) is 0 Å². The van der Waals surface area contributed by atoms with Crippen LogP contribution in [0.3, 0.4) is 0 Å². The van der Waals surface area contributed by atoms with E-state index < -0.39 is 33.3 Å². The normalized spacial score (nSPS) is 13.8. The van der Waals surface area contributed by atoms with Crippen molar-refractivity contribution < 1.29 is 31.3 Å². The van der Waals surface area contributed by atoms with Gasteiger partial charge in [0.1, 0.15) is 13.2 Å². The van der Waals surface area contributed by atoms with Gasteiger partial charge in [0, 0.05) is 0 Å².